The van der Waals surface area contributed by atoms with E-state index in [9.17, 15) is 18.4 Å². The molecule has 0 aliphatic carbocycles. The molecule has 1 fully saturated rings. The van der Waals surface area contributed by atoms with Crippen molar-refractivity contribution >= 4 is 11.8 Å². The topological polar surface area (TPSA) is 61.4 Å². The van der Waals surface area contributed by atoms with Crippen LogP contribution in [0.4, 0.5) is 8.78 Å². The minimum atomic E-state index is -0.892. The van der Waals surface area contributed by atoms with Crippen molar-refractivity contribution in [2.45, 2.75) is 38.6 Å². The van der Waals surface area contributed by atoms with Gasteiger partial charge in [-0.2, -0.15) is 0 Å². The summed E-state index contributed by atoms with van der Waals surface area (Å²) in [5, 5.41) is 5.83. The van der Waals surface area contributed by atoms with E-state index in [0.717, 1.165) is 44.6 Å². The third-order valence-corrected chi connectivity index (χ3v) is 4.29. The van der Waals surface area contributed by atoms with Crippen molar-refractivity contribution in [2.75, 3.05) is 26.2 Å². The Morgan fingerprint density at radius 2 is 2.16 bits per heavy atom. The van der Waals surface area contributed by atoms with Crippen molar-refractivity contribution in [2.24, 2.45) is 0 Å². The van der Waals surface area contributed by atoms with Crippen LogP contribution in [-0.4, -0.2) is 48.9 Å². The van der Waals surface area contributed by atoms with Crippen LogP contribution in [0, 0.1) is 11.6 Å². The SMILES string of the molecule is CCCN(C(=O)CCCNC(=O)c1ccc(F)cc1F)C1CCNC1. The van der Waals surface area contributed by atoms with Crippen LogP contribution < -0.4 is 10.6 Å². The minimum Gasteiger partial charge on any atom is -0.352 e. The maximum atomic E-state index is 13.5. The Kier molecular flexibility index (Phi) is 7.31. The lowest BCUT2D eigenvalue weighted by Gasteiger charge is -2.28. The lowest BCUT2D eigenvalue weighted by atomic mass is 10.1. The van der Waals surface area contributed by atoms with Gasteiger partial charge in [-0.3, -0.25) is 9.59 Å². The van der Waals surface area contributed by atoms with E-state index in [1.54, 1.807) is 0 Å². The van der Waals surface area contributed by atoms with Gasteiger partial charge in [0.2, 0.25) is 5.91 Å². The Bertz CT molecular complexity index is 604. The van der Waals surface area contributed by atoms with E-state index < -0.39 is 17.5 Å². The van der Waals surface area contributed by atoms with E-state index in [1.165, 1.54) is 0 Å². The van der Waals surface area contributed by atoms with Crippen LogP contribution in [0.15, 0.2) is 18.2 Å². The van der Waals surface area contributed by atoms with Crippen molar-refractivity contribution in [1.82, 2.24) is 15.5 Å². The van der Waals surface area contributed by atoms with E-state index in [1.807, 2.05) is 11.8 Å². The van der Waals surface area contributed by atoms with Crippen LogP contribution in [0.5, 0.6) is 0 Å². The number of carbonyl (C=O) groups is 2. The van der Waals surface area contributed by atoms with E-state index in [-0.39, 0.29) is 24.1 Å². The van der Waals surface area contributed by atoms with Gasteiger partial charge >= 0.3 is 0 Å². The first-order valence-corrected chi connectivity index (χ1v) is 8.76. The molecule has 1 unspecified atom stereocenters. The third-order valence-electron chi connectivity index (χ3n) is 4.29. The van der Waals surface area contributed by atoms with Gasteiger partial charge in [-0.25, -0.2) is 8.78 Å². The molecule has 1 heterocycles. The van der Waals surface area contributed by atoms with Gasteiger partial charge in [-0.15, -0.1) is 0 Å². The van der Waals surface area contributed by atoms with Crippen LogP contribution in [0.2, 0.25) is 0 Å². The number of halogens is 2. The highest BCUT2D eigenvalue weighted by atomic mass is 19.1. The van der Waals surface area contributed by atoms with Gasteiger partial charge in [0, 0.05) is 38.2 Å². The molecule has 5 nitrogen and oxygen atoms in total. The van der Waals surface area contributed by atoms with Crippen molar-refractivity contribution in [3.63, 3.8) is 0 Å². The molecule has 0 bridgehead atoms. The molecule has 1 aliphatic heterocycles. The summed E-state index contributed by atoms with van der Waals surface area (Å²) in [6.07, 6.45) is 2.69. The first-order chi connectivity index (χ1) is 12.0. The zero-order valence-electron chi connectivity index (χ0n) is 14.5. The highest BCUT2D eigenvalue weighted by molar-refractivity contribution is 5.94. The predicted octanol–water partition coefficient (Wildman–Crippen LogP) is 2.08. The second-order valence-corrected chi connectivity index (χ2v) is 6.22. The predicted molar refractivity (Wildman–Crippen MR) is 91.2 cm³/mol. The smallest absolute Gasteiger partial charge is 0.254 e. The normalized spacial score (nSPS) is 16.7. The summed E-state index contributed by atoms with van der Waals surface area (Å²) in [4.78, 5) is 26.2. The molecule has 0 aromatic heterocycles. The minimum absolute atomic E-state index is 0.0813. The molecule has 7 heteroatoms. The molecule has 0 radical (unpaired) electrons. The summed E-state index contributed by atoms with van der Waals surface area (Å²) in [5.74, 6) is -2.14. The van der Waals surface area contributed by atoms with Crippen LogP contribution in [0.1, 0.15) is 43.0 Å². The van der Waals surface area contributed by atoms with Crippen LogP contribution in [0.3, 0.4) is 0 Å². The zero-order valence-corrected chi connectivity index (χ0v) is 14.5. The van der Waals surface area contributed by atoms with Gasteiger partial charge < -0.3 is 15.5 Å². The molecule has 0 spiro atoms. The maximum absolute atomic E-state index is 13.5. The summed E-state index contributed by atoms with van der Waals surface area (Å²) < 4.78 is 26.4. The van der Waals surface area contributed by atoms with Gasteiger partial charge in [-0.1, -0.05) is 6.92 Å². The molecule has 2 amide bonds. The molecule has 1 saturated heterocycles. The highest BCUT2D eigenvalue weighted by Gasteiger charge is 2.25. The number of benzene rings is 1. The number of hydrogen-bond acceptors (Lipinski definition) is 3. The Morgan fingerprint density at radius 1 is 1.36 bits per heavy atom. The molecule has 1 aliphatic rings. The molecule has 1 aromatic carbocycles. The highest BCUT2D eigenvalue weighted by Crippen LogP contribution is 2.12. The zero-order chi connectivity index (χ0) is 18.2. The second-order valence-electron chi connectivity index (χ2n) is 6.22. The largest absolute Gasteiger partial charge is 0.352 e. The lowest BCUT2D eigenvalue weighted by Crippen LogP contribution is -2.42. The lowest BCUT2D eigenvalue weighted by molar-refractivity contribution is -0.133. The summed E-state index contributed by atoms with van der Waals surface area (Å²) >= 11 is 0. The fourth-order valence-electron chi connectivity index (χ4n) is 3.01. The van der Waals surface area contributed by atoms with E-state index >= 15 is 0 Å². The third kappa shape index (κ3) is 5.49. The molecule has 1 aromatic rings. The molecule has 138 valence electrons. The molecule has 2 N–H and O–H groups in total. The van der Waals surface area contributed by atoms with E-state index in [2.05, 4.69) is 10.6 Å². The Balaban J connectivity index is 1.77. The number of carbonyl (C=O) groups excluding carboxylic acids is 2. The maximum Gasteiger partial charge on any atom is 0.254 e. The summed E-state index contributed by atoms with van der Waals surface area (Å²) in [5.41, 5.74) is -0.197. The Morgan fingerprint density at radius 3 is 2.80 bits per heavy atom. The van der Waals surface area contributed by atoms with Crippen LogP contribution in [-0.2, 0) is 4.79 Å². The molecule has 2 rings (SSSR count). The van der Waals surface area contributed by atoms with Crippen LogP contribution in [0.25, 0.3) is 0 Å². The first-order valence-electron chi connectivity index (χ1n) is 8.76. The van der Waals surface area contributed by atoms with Gasteiger partial charge in [-0.05, 0) is 37.9 Å². The first kappa shape index (κ1) is 19.3. The average molecular weight is 353 g/mol. The number of nitrogens with zero attached hydrogens (tertiary/aromatic N) is 1. The van der Waals surface area contributed by atoms with Gasteiger partial charge in [0.05, 0.1) is 5.56 Å². The monoisotopic (exact) mass is 353 g/mol. The van der Waals surface area contributed by atoms with Gasteiger partial charge in [0.15, 0.2) is 0 Å². The van der Waals surface area contributed by atoms with Gasteiger partial charge in [0.25, 0.3) is 5.91 Å². The van der Waals surface area contributed by atoms with Crippen molar-refractivity contribution in [3.05, 3.63) is 35.4 Å². The van der Waals surface area contributed by atoms with E-state index in [4.69, 9.17) is 0 Å². The summed E-state index contributed by atoms with van der Waals surface area (Å²) in [6, 6.07) is 3.08. The number of nitrogens with one attached hydrogen (secondary N) is 2. The van der Waals surface area contributed by atoms with Crippen molar-refractivity contribution in [3.8, 4) is 0 Å². The molecule has 25 heavy (non-hydrogen) atoms. The fourth-order valence-corrected chi connectivity index (χ4v) is 3.01. The standard InChI is InChI=1S/C18H25F2N3O2/c1-2-10-23(14-7-9-21-12-14)17(24)4-3-8-22-18(25)15-6-5-13(19)11-16(15)20/h5-6,11,14,21H,2-4,7-10,12H2,1H3,(H,22,25). The fraction of sp³-hybridized carbons (Fsp3) is 0.556. The quantitative estimate of drug-likeness (QED) is 0.704. The Hall–Kier alpha value is -2.02. The molecular weight excluding hydrogens is 328 g/mol. The second kappa shape index (κ2) is 9.46. The number of rotatable bonds is 8. The average Bonchev–Trinajstić information content (AvgIpc) is 3.10. The van der Waals surface area contributed by atoms with Crippen molar-refractivity contribution < 1.29 is 18.4 Å². The summed E-state index contributed by atoms with van der Waals surface area (Å²) in [7, 11) is 0. The van der Waals surface area contributed by atoms with E-state index in [0.29, 0.717) is 18.9 Å². The molecule has 1 atom stereocenters. The van der Waals surface area contributed by atoms with Crippen molar-refractivity contribution in [1.29, 1.82) is 0 Å². The number of amides is 2. The Labute approximate surface area is 146 Å². The number of hydrogen-bond donors (Lipinski definition) is 2. The molecule has 0 saturated carbocycles. The van der Waals surface area contributed by atoms with Gasteiger partial charge in [0.1, 0.15) is 11.6 Å². The molecular formula is C18H25F2N3O2. The van der Waals surface area contributed by atoms with Crippen LogP contribution >= 0.6 is 0 Å². The summed E-state index contributed by atoms with van der Waals surface area (Å²) in [6.45, 7) is 4.80.